The molecule has 14 heavy (non-hydrogen) atoms. The molecule has 1 N–H and O–H groups in total. The van der Waals surface area contributed by atoms with Crippen molar-refractivity contribution < 1.29 is 9.59 Å². The molecular formula is C10H16N2O2. The maximum atomic E-state index is 11.8. The van der Waals surface area contributed by atoms with Crippen LogP contribution in [0.1, 0.15) is 39.0 Å². The number of hydrogen-bond acceptors (Lipinski definition) is 2. The van der Waals surface area contributed by atoms with Gasteiger partial charge in [-0.1, -0.05) is 19.3 Å². The molecule has 1 aliphatic carbocycles. The standard InChI is InChI=1S/C10H16N2O2/c1-2-12-9(14)11-8(13)10(12)6-4-3-5-7-10/h2-7H2,1H3,(H,11,13,14). The summed E-state index contributed by atoms with van der Waals surface area (Å²) >= 11 is 0. The van der Waals surface area contributed by atoms with Crippen molar-refractivity contribution in [3.8, 4) is 0 Å². The van der Waals surface area contributed by atoms with Gasteiger partial charge in [-0.2, -0.15) is 0 Å². The predicted molar refractivity (Wildman–Crippen MR) is 51.7 cm³/mol. The average molecular weight is 196 g/mol. The molecule has 0 unspecified atom stereocenters. The summed E-state index contributed by atoms with van der Waals surface area (Å²) in [7, 11) is 0. The molecule has 1 saturated heterocycles. The Hall–Kier alpha value is -1.06. The van der Waals surface area contributed by atoms with Gasteiger partial charge in [0.2, 0.25) is 0 Å². The summed E-state index contributed by atoms with van der Waals surface area (Å²) in [6.07, 6.45) is 4.95. The number of imide groups is 1. The van der Waals surface area contributed by atoms with Gasteiger partial charge in [-0.3, -0.25) is 10.1 Å². The van der Waals surface area contributed by atoms with E-state index in [1.807, 2.05) is 6.92 Å². The Bertz CT molecular complexity index is 269. The van der Waals surface area contributed by atoms with Crippen LogP contribution in [0, 0.1) is 0 Å². The van der Waals surface area contributed by atoms with E-state index in [1.54, 1.807) is 4.90 Å². The van der Waals surface area contributed by atoms with Crippen LogP contribution in [0.4, 0.5) is 4.79 Å². The summed E-state index contributed by atoms with van der Waals surface area (Å²) in [5.41, 5.74) is -0.496. The molecule has 0 radical (unpaired) electrons. The summed E-state index contributed by atoms with van der Waals surface area (Å²) in [4.78, 5) is 24.9. The van der Waals surface area contributed by atoms with Crippen LogP contribution in [0.25, 0.3) is 0 Å². The third-order valence-corrected chi connectivity index (χ3v) is 3.40. The van der Waals surface area contributed by atoms with Crippen LogP contribution in [0.3, 0.4) is 0 Å². The number of nitrogens with zero attached hydrogens (tertiary/aromatic N) is 1. The largest absolute Gasteiger partial charge is 0.325 e. The second-order valence-electron chi connectivity index (χ2n) is 4.10. The molecule has 2 aliphatic rings. The third-order valence-electron chi connectivity index (χ3n) is 3.40. The Morgan fingerprint density at radius 1 is 1.29 bits per heavy atom. The predicted octanol–water partition coefficient (Wildman–Crippen LogP) is 1.26. The number of hydrogen-bond donors (Lipinski definition) is 1. The maximum Gasteiger partial charge on any atom is 0.325 e. The van der Waals surface area contributed by atoms with E-state index in [9.17, 15) is 9.59 Å². The van der Waals surface area contributed by atoms with E-state index in [4.69, 9.17) is 0 Å². The van der Waals surface area contributed by atoms with Gasteiger partial charge in [0.05, 0.1) is 0 Å². The van der Waals surface area contributed by atoms with Gasteiger partial charge in [-0.05, 0) is 19.8 Å². The van der Waals surface area contributed by atoms with E-state index in [1.165, 1.54) is 6.42 Å². The lowest BCUT2D eigenvalue weighted by molar-refractivity contribution is -0.128. The van der Waals surface area contributed by atoms with Crippen molar-refractivity contribution in [3.63, 3.8) is 0 Å². The van der Waals surface area contributed by atoms with Crippen molar-refractivity contribution in [2.24, 2.45) is 0 Å². The Balaban J connectivity index is 2.29. The van der Waals surface area contributed by atoms with E-state index in [0.717, 1.165) is 25.7 Å². The third kappa shape index (κ3) is 1.13. The molecule has 1 aliphatic heterocycles. The lowest BCUT2D eigenvalue weighted by Gasteiger charge is -2.37. The summed E-state index contributed by atoms with van der Waals surface area (Å²) in [6, 6.07) is -0.209. The van der Waals surface area contributed by atoms with Gasteiger partial charge in [0.1, 0.15) is 5.54 Å². The first-order valence-electron chi connectivity index (χ1n) is 5.34. The molecule has 0 bridgehead atoms. The zero-order chi connectivity index (χ0) is 10.2. The highest BCUT2D eigenvalue weighted by atomic mass is 16.2. The Morgan fingerprint density at radius 3 is 2.50 bits per heavy atom. The number of nitrogens with one attached hydrogen (secondary N) is 1. The van der Waals surface area contributed by atoms with Crippen LogP contribution in [-0.2, 0) is 4.79 Å². The number of likely N-dealkylation sites (N-methyl/N-ethyl adjacent to an activating group) is 1. The van der Waals surface area contributed by atoms with Crippen molar-refractivity contribution in [3.05, 3.63) is 0 Å². The van der Waals surface area contributed by atoms with Gasteiger partial charge < -0.3 is 4.90 Å². The Kier molecular flexibility index (Phi) is 2.21. The minimum atomic E-state index is -0.496. The number of carbonyl (C=O) groups is 2. The topological polar surface area (TPSA) is 49.4 Å². The van der Waals surface area contributed by atoms with E-state index >= 15 is 0 Å². The first kappa shape index (κ1) is 9.49. The summed E-state index contributed by atoms with van der Waals surface area (Å²) in [5.74, 6) is -0.0796. The molecule has 4 heteroatoms. The zero-order valence-electron chi connectivity index (χ0n) is 8.51. The SMILES string of the molecule is CCN1C(=O)NC(=O)C12CCCCC2. The molecule has 3 amide bonds. The highest BCUT2D eigenvalue weighted by molar-refractivity contribution is 6.07. The molecule has 1 saturated carbocycles. The van der Waals surface area contributed by atoms with Crippen molar-refractivity contribution in [1.82, 2.24) is 10.2 Å². The van der Waals surface area contributed by atoms with E-state index < -0.39 is 5.54 Å². The summed E-state index contributed by atoms with van der Waals surface area (Å²) in [6.45, 7) is 2.55. The minimum absolute atomic E-state index is 0.0796. The van der Waals surface area contributed by atoms with Crippen molar-refractivity contribution in [2.45, 2.75) is 44.6 Å². The fraction of sp³-hybridized carbons (Fsp3) is 0.800. The van der Waals surface area contributed by atoms with E-state index in [-0.39, 0.29) is 11.9 Å². The lowest BCUT2D eigenvalue weighted by atomic mass is 9.80. The molecule has 1 spiro atoms. The normalized spacial score (nSPS) is 25.6. The highest BCUT2D eigenvalue weighted by Gasteiger charge is 2.51. The molecule has 0 atom stereocenters. The summed E-state index contributed by atoms with van der Waals surface area (Å²) < 4.78 is 0. The highest BCUT2D eigenvalue weighted by Crippen LogP contribution is 2.36. The maximum absolute atomic E-state index is 11.8. The molecule has 78 valence electrons. The first-order chi connectivity index (χ1) is 6.70. The molecule has 1 heterocycles. The first-order valence-corrected chi connectivity index (χ1v) is 5.34. The molecule has 0 aromatic heterocycles. The number of rotatable bonds is 1. The molecule has 2 rings (SSSR count). The van der Waals surface area contributed by atoms with Crippen LogP contribution >= 0.6 is 0 Å². The van der Waals surface area contributed by atoms with Gasteiger partial charge in [0.25, 0.3) is 5.91 Å². The molecule has 2 fully saturated rings. The van der Waals surface area contributed by atoms with Gasteiger partial charge in [0.15, 0.2) is 0 Å². The van der Waals surface area contributed by atoms with Crippen LogP contribution < -0.4 is 5.32 Å². The number of amides is 3. The molecular weight excluding hydrogens is 180 g/mol. The van der Waals surface area contributed by atoms with Gasteiger partial charge in [-0.15, -0.1) is 0 Å². The molecule has 4 nitrogen and oxygen atoms in total. The monoisotopic (exact) mass is 196 g/mol. The quantitative estimate of drug-likeness (QED) is 0.642. The van der Waals surface area contributed by atoms with Gasteiger partial charge >= 0.3 is 6.03 Å². The smallest absolute Gasteiger partial charge is 0.310 e. The lowest BCUT2D eigenvalue weighted by Crippen LogP contribution is -2.50. The van der Waals surface area contributed by atoms with Crippen LogP contribution in [0.2, 0.25) is 0 Å². The fourth-order valence-electron chi connectivity index (χ4n) is 2.68. The average Bonchev–Trinajstić information content (AvgIpc) is 2.40. The molecule has 0 aromatic carbocycles. The van der Waals surface area contributed by atoms with Crippen LogP contribution in [0.5, 0.6) is 0 Å². The second kappa shape index (κ2) is 3.26. The number of carbonyl (C=O) groups excluding carboxylic acids is 2. The van der Waals surface area contributed by atoms with Crippen LogP contribution in [0.15, 0.2) is 0 Å². The molecule has 0 aromatic rings. The Morgan fingerprint density at radius 2 is 1.93 bits per heavy atom. The zero-order valence-corrected chi connectivity index (χ0v) is 8.51. The van der Waals surface area contributed by atoms with Crippen molar-refractivity contribution in [2.75, 3.05) is 6.54 Å². The van der Waals surface area contributed by atoms with Gasteiger partial charge in [-0.25, -0.2) is 4.79 Å². The van der Waals surface area contributed by atoms with E-state index in [0.29, 0.717) is 6.54 Å². The van der Waals surface area contributed by atoms with Crippen LogP contribution in [-0.4, -0.2) is 28.9 Å². The van der Waals surface area contributed by atoms with Gasteiger partial charge in [0, 0.05) is 6.54 Å². The van der Waals surface area contributed by atoms with Crippen molar-refractivity contribution >= 4 is 11.9 Å². The number of urea groups is 1. The minimum Gasteiger partial charge on any atom is -0.310 e. The van der Waals surface area contributed by atoms with Crippen molar-refractivity contribution in [1.29, 1.82) is 0 Å². The summed E-state index contributed by atoms with van der Waals surface area (Å²) in [5, 5.41) is 2.43. The van der Waals surface area contributed by atoms with E-state index in [2.05, 4.69) is 5.32 Å². The Labute approximate surface area is 83.6 Å². The fourth-order valence-corrected chi connectivity index (χ4v) is 2.68. The second-order valence-corrected chi connectivity index (χ2v) is 4.10.